The molecule has 1 unspecified atom stereocenters. The largest absolute Gasteiger partial charge is 0.497 e. The SMILES string of the molecule is COc1ccc(C[NH+](C)CC(=O)Nc2cc(C(F)(F)F)ccc2-n2cncn2)cc1. The van der Waals surface area contributed by atoms with Gasteiger partial charge in [0, 0.05) is 5.56 Å². The van der Waals surface area contributed by atoms with Gasteiger partial charge in [-0.2, -0.15) is 18.3 Å². The molecule has 0 radical (unpaired) electrons. The van der Waals surface area contributed by atoms with Gasteiger partial charge in [0.25, 0.3) is 5.91 Å². The molecule has 0 aliphatic carbocycles. The third kappa shape index (κ3) is 5.35. The van der Waals surface area contributed by atoms with E-state index in [4.69, 9.17) is 4.74 Å². The average Bonchev–Trinajstić information content (AvgIpc) is 3.22. The van der Waals surface area contributed by atoms with Crippen LogP contribution in [0, 0.1) is 0 Å². The number of quaternary nitrogens is 1. The quantitative estimate of drug-likeness (QED) is 0.613. The number of hydrogen-bond donors (Lipinski definition) is 2. The summed E-state index contributed by atoms with van der Waals surface area (Å²) >= 11 is 0. The smallest absolute Gasteiger partial charge is 0.416 e. The lowest BCUT2D eigenvalue weighted by Gasteiger charge is -2.17. The third-order valence-electron chi connectivity index (χ3n) is 4.39. The maximum atomic E-state index is 13.1. The van der Waals surface area contributed by atoms with Crippen molar-refractivity contribution in [2.24, 2.45) is 0 Å². The Morgan fingerprint density at radius 1 is 1.20 bits per heavy atom. The molecule has 7 nitrogen and oxygen atoms in total. The second-order valence-corrected chi connectivity index (χ2v) is 6.78. The molecule has 1 aromatic heterocycles. The fraction of sp³-hybridized carbons (Fsp3) is 0.250. The number of carbonyl (C=O) groups excluding carboxylic acids is 1. The molecule has 1 heterocycles. The Balaban J connectivity index is 1.72. The monoisotopic (exact) mass is 420 g/mol. The van der Waals surface area contributed by atoms with E-state index in [1.807, 2.05) is 31.3 Å². The van der Waals surface area contributed by atoms with E-state index >= 15 is 0 Å². The molecular weight excluding hydrogens is 399 g/mol. The van der Waals surface area contributed by atoms with Gasteiger partial charge in [0.05, 0.1) is 31.1 Å². The normalized spacial score (nSPS) is 12.4. The Labute approximate surface area is 171 Å². The van der Waals surface area contributed by atoms with Gasteiger partial charge in [-0.25, -0.2) is 9.67 Å². The van der Waals surface area contributed by atoms with Crippen molar-refractivity contribution in [1.82, 2.24) is 14.8 Å². The van der Waals surface area contributed by atoms with Gasteiger partial charge in [-0.3, -0.25) is 4.79 Å². The number of amides is 1. The van der Waals surface area contributed by atoms with Crippen molar-refractivity contribution >= 4 is 11.6 Å². The molecular formula is C20H21F3N5O2+. The number of hydrogen-bond acceptors (Lipinski definition) is 4. The highest BCUT2D eigenvalue weighted by Gasteiger charge is 2.31. The molecule has 1 atom stereocenters. The van der Waals surface area contributed by atoms with Crippen LogP contribution in [0.3, 0.4) is 0 Å². The van der Waals surface area contributed by atoms with E-state index in [2.05, 4.69) is 15.4 Å². The second-order valence-electron chi connectivity index (χ2n) is 6.78. The molecule has 1 amide bonds. The molecule has 2 N–H and O–H groups in total. The molecule has 3 aromatic rings. The Morgan fingerprint density at radius 3 is 2.53 bits per heavy atom. The van der Waals surface area contributed by atoms with Gasteiger partial charge in [-0.05, 0) is 42.5 Å². The summed E-state index contributed by atoms with van der Waals surface area (Å²) in [6, 6.07) is 10.5. The summed E-state index contributed by atoms with van der Waals surface area (Å²) in [4.78, 5) is 17.2. The molecule has 0 fully saturated rings. The summed E-state index contributed by atoms with van der Waals surface area (Å²) in [5.41, 5.74) is 0.448. The van der Waals surface area contributed by atoms with Crippen molar-refractivity contribution in [3.63, 3.8) is 0 Å². The molecule has 0 saturated carbocycles. The minimum Gasteiger partial charge on any atom is -0.497 e. The number of methoxy groups -OCH3 is 1. The predicted molar refractivity (Wildman–Crippen MR) is 103 cm³/mol. The average molecular weight is 420 g/mol. The van der Waals surface area contributed by atoms with E-state index in [9.17, 15) is 18.0 Å². The standard InChI is InChI=1S/C20H20F3N5O2/c1-27(10-14-3-6-16(30-2)7-4-14)11-19(29)26-17-9-15(20(21,22)23)5-8-18(17)28-13-24-12-25-28/h3-9,12-13H,10-11H2,1-2H3,(H,26,29)/p+1. The first-order valence-electron chi connectivity index (χ1n) is 9.06. The molecule has 30 heavy (non-hydrogen) atoms. The Bertz CT molecular complexity index is 989. The molecule has 0 saturated heterocycles. The van der Waals surface area contributed by atoms with Crippen LogP contribution < -0.4 is 15.0 Å². The third-order valence-corrected chi connectivity index (χ3v) is 4.39. The molecule has 0 bridgehead atoms. The van der Waals surface area contributed by atoms with E-state index in [1.165, 1.54) is 23.4 Å². The number of ether oxygens (including phenoxy) is 1. The number of halogens is 3. The van der Waals surface area contributed by atoms with Crippen LogP contribution >= 0.6 is 0 Å². The number of rotatable bonds is 7. The summed E-state index contributed by atoms with van der Waals surface area (Å²) in [6.45, 7) is 0.634. The summed E-state index contributed by atoms with van der Waals surface area (Å²) < 4.78 is 45.8. The van der Waals surface area contributed by atoms with Crippen LogP contribution in [-0.4, -0.2) is 41.4 Å². The number of nitrogens with zero attached hydrogens (tertiary/aromatic N) is 3. The number of anilines is 1. The van der Waals surface area contributed by atoms with E-state index in [1.54, 1.807) is 7.11 Å². The Kier molecular flexibility index (Phi) is 6.36. The molecule has 0 aliphatic rings. The summed E-state index contributed by atoms with van der Waals surface area (Å²) in [7, 11) is 3.41. The van der Waals surface area contributed by atoms with Crippen LogP contribution in [0.1, 0.15) is 11.1 Å². The lowest BCUT2D eigenvalue weighted by Crippen LogP contribution is -3.08. The van der Waals surface area contributed by atoms with E-state index in [-0.39, 0.29) is 12.2 Å². The van der Waals surface area contributed by atoms with Crippen molar-refractivity contribution in [2.45, 2.75) is 12.7 Å². The molecule has 158 valence electrons. The first-order chi connectivity index (χ1) is 14.3. The van der Waals surface area contributed by atoms with E-state index in [0.717, 1.165) is 28.3 Å². The van der Waals surface area contributed by atoms with Crippen molar-refractivity contribution in [1.29, 1.82) is 0 Å². The second kappa shape index (κ2) is 8.95. The van der Waals surface area contributed by atoms with Gasteiger partial charge in [0.2, 0.25) is 0 Å². The minimum atomic E-state index is -4.53. The van der Waals surface area contributed by atoms with Gasteiger partial charge >= 0.3 is 6.18 Å². The van der Waals surface area contributed by atoms with Crippen molar-refractivity contribution in [3.8, 4) is 11.4 Å². The fourth-order valence-electron chi connectivity index (χ4n) is 2.97. The van der Waals surface area contributed by atoms with Crippen molar-refractivity contribution in [2.75, 3.05) is 26.0 Å². The number of alkyl halides is 3. The number of carbonyl (C=O) groups is 1. The van der Waals surface area contributed by atoms with Crippen molar-refractivity contribution < 1.29 is 27.6 Å². The fourth-order valence-corrected chi connectivity index (χ4v) is 2.97. The summed E-state index contributed by atoms with van der Waals surface area (Å²) in [5, 5.41) is 6.51. The van der Waals surface area contributed by atoms with E-state index in [0.29, 0.717) is 12.2 Å². The Hall–Kier alpha value is -3.40. The predicted octanol–water partition coefficient (Wildman–Crippen LogP) is 1.95. The molecule has 0 spiro atoms. The highest BCUT2D eigenvalue weighted by Crippen LogP contribution is 2.33. The number of benzene rings is 2. The first kappa shape index (κ1) is 21.3. The highest BCUT2D eigenvalue weighted by molar-refractivity contribution is 5.93. The van der Waals surface area contributed by atoms with Crippen LogP contribution in [0.25, 0.3) is 5.69 Å². The van der Waals surface area contributed by atoms with Gasteiger partial charge in [0.1, 0.15) is 24.9 Å². The summed E-state index contributed by atoms with van der Waals surface area (Å²) in [6.07, 6.45) is -1.92. The van der Waals surface area contributed by atoms with Crippen LogP contribution in [0.15, 0.2) is 55.1 Å². The van der Waals surface area contributed by atoms with Gasteiger partial charge in [-0.15, -0.1) is 0 Å². The van der Waals surface area contributed by atoms with Crippen LogP contribution in [-0.2, 0) is 17.5 Å². The number of likely N-dealkylation sites (N-methyl/N-ethyl adjacent to an activating group) is 1. The van der Waals surface area contributed by atoms with Gasteiger partial charge in [0.15, 0.2) is 6.54 Å². The highest BCUT2D eigenvalue weighted by atomic mass is 19.4. The Morgan fingerprint density at radius 2 is 1.93 bits per heavy atom. The van der Waals surface area contributed by atoms with Gasteiger partial charge < -0.3 is 15.0 Å². The van der Waals surface area contributed by atoms with Gasteiger partial charge in [-0.1, -0.05) is 0 Å². The maximum absolute atomic E-state index is 13.1. The topological polar surface area (TPSA) is 73.5 Å². The van der Waals surface area contributed by atoms with Crippen LogP contribution in [0.4, 0.5) is 18.9 Å². The minimum absolute atomic E-state index is 0.0116. The zero-order chi connectivity index (χ0) is 21.7. The molecule has 3 rings (SSSR count). The lowest BCUT2D eigenvalue weighted by molar-refractivity contribution is -0.885. The molecule has 2 aromatic carbocycles. The first-order valence-corrected chi connectivity index (χ1v) is 9.06. The molecule has 0 aliphatic heterocycles. The number of nitrogens with one attached hydrogen (secondary N) is 2. The van der Waals surface area contributed by atoms with Crippen molar-refractivity contribution in [3.05, 3.63) is 66.2 Å². The van der Waals surface area contributed by atoms with Crippen LogP contribution in [0.2, 0.25) is 0 Å². The van der Waals surface area contributed by atoms with E-state index < -0.39 is 17.6 Å². The number of aromatic nitrogens is 3. The maximum Gasteiger partial charge on any atom is 0.416 e. The molecule has 10 heteroatoms. The lowest BCUT2D eigenvalue weighted by atomic mass is 10.1. The van der Waals surface area contributed by atoms with Crippen LogP contribution in [0.5, 0.6) is 5.75 Å². The zero-order valence-electron chi connectivity index (χ0n) is 16.4. The zero-order valence-corrected chi connectivity index (χ0v) is 16.4. The summed E-state index contributed by atoms with van der Waals surface area (Å²) in [5.74, 6) is 0.320.